The minimum atomic E-state index is -4.45. The molecule has 140 valence electrons. The molecule has 0 heterocycles. The van der Waals surface area contributed by atoms with Gasteiger partial charge in [0.1, 0.15) is 6.04 Å². The Kier molecular flexibility index (Phi) is 6.19. The van der Waals surface area contributed by atoms with Crippen LogP contribution in [0.25, 0.3) is 0 Å². The van der Waals surface area contributed by atoms with Crippen LogP contribution in [0.2, 0.25) is 0 Å². The standard InChI is InChI=1S/C19H15F3N2O3/c1-27-18(26)16(10-12-4-8-15(9-5-12)19(20,21)22)24-17(25)14-6-2-13(11-23)3-7-14/h2-9,16H,10H2,1H3,(H,24,25)/t16-/m1/s1. The maximum Gasteiger partial charge on any atom is 0.416 e. The van der Waals surface area contributed by atoms with Crippen molar-refractivity contribution < 1.29 is 27.5 Å². The Hall–Kier alpha value is -3.34. The molecule has 1 amide bonds. The Morgan fingerprint density at radius 1 is 1.11 bits per heavy atom. The SMILES string of the molecule is COC(=O)[C@@H](Cc1ccc(C(F)(F)F)cc1)NC(=O)c1ccc(C#N)cc1. The first-order valence-electron chi connectivity index (χ1n) is 7.79. The van der Waals surface area contributed by atoms with Crippen LogP contribution in [0, 0.1) is 11.3 Å². The highest BCUT2D eigenvalue weighted by atomic mass is 19.4. The topological polar surface area (TPSA) is 79.2 Å². The number of carbonyl (C=O) groups excluding carboxylic acids is 2. The third-order valence-electron chi connectivity index (χ3n) is 3.79. The number of ether oxygens (including phenoxy) is 1. The molecule has 0 unspecified atom stereocenters. The van der Waals surface area contributed by atoms with Gasteiger partial charge in [-0.05, 0) is 42.0 Å². The summed E-state index contributed by atoms with van der Waals surface area (Å²) in [5.41, 5.74) is 0.233. The van der Waals surface area contributed by atoms with E-state index in [2.05, 4.69) is 10.1 Å². The molecule has 2 aromatic carbocycles. The molecule has 0 aliphatic heterocycles. The number of nitriles is 1. The summed E-state index contributed by atoms with van der Waals surface area (Å²) >= 11 is 0. The maximum absolute atomic E-state index is 12.6. The molecule has 0 saturated heterocycles. The minimum absolute atomic E-state index is 0.0349. The molecule has 0 radical (unpaired) electrons. The molecule has 0 aliphatic carbocycles. The lowest BCUT2D eigenvalue weighted by molar-refractivity contribution is -0.143. The number of nitrogens with one attached hydrogen (secondary N) is 1. The van der Waals surface area contributed by atoms with Gasteiger partial charge in [-0.2, -0.15) is 18.4 Å². The van der Waals surface area contributed by atoms with Crippen LogP contribution in [-0.4, -0.2) is 25.0 Å². The Morgan fingerprint density at radius 2 is 1.70 bits per heavy atom. The Balaban J connectivity index is 2.14. The Labute approximate surface area is 153 Å². The fourth-order valence-electron chi connectivity index (χ4n) is 2.34. The lowest BCUT2D eigenvalue weighted by Gasteiger charge is -2.17. The number of alkyl halides is 3. The average molecular weight is 376 g/mol. The Bertz CT molecular complexity index is 854. The quantitative estimate of drug-likeness (QED) is 0.814. The van der Waals surface area contributed by atoms with Crippen LogP contribution in [0.3, 0.4) is 0 Å². The number of rotatable bonds is 5. The van der Waals surface area contributed by atoms with E-state index in [1.807, 2.05) is 6.07 Å². The second kappa shape index (κ2) is 8.36. The maximum atomic E-state index is 12.6. The van der Waals surface area contributed by atoms with Crippen molar-refractivity contribution in [3.05, 3.63) is 70.8 Å². The summed E-state index contributed by atoms with van der Waals surface area (Å²) in [7, 11) is 1.15. The first-order chi connectivity index (χ1) is 12.7. The van der Waals surface area contributed by atoms with E-state index in [0.717, 1.165) is 19.2 Å². The van der Waals surface area contributed by atoms with Crippen LogP contribution < -0.4 is 5.32 Å². The summed E-state index contributed by atoms with van der Waals surface area (Å²) in [6.07, 6.45) is -4.49. The van der Waals surface area contributed by atoms with Crippen molar-refractivity contribution in [3.63, 3.8) is 0 Å². The second-order valence-corrected chi connectivity index (χ2v) is 5.64. The zero-order valence-electron chi connectivity index (χ0n) is 14.2. The average Bonchev–Trinajstić information content (AvgIpc) is 2.66. The van der Waals surface area contributed by atoms with Gasteiger partial charge in [0.15, 0.2) is 0 Å². The predicted octanol–water partition coefficient (Wildman–Crippen LogP) is 3.09. The van der Waals surface area contributed by atoms with Gasteiger partial charge in [-0.25, -0.2) is 4.79 Å². The van der Waals surface area contributed by atoms with Gasteiger partial charge in [-0.1, -0.05) is 12.1 Å². The van der Waals surface area contributed by atoms with Crippen LogP contribution in [0.1, 0.15) is 27.0 Å². The van der Waals surface area contributed by atoms with Crippen molar-refractivity contribution in [1.29, 1.82) is 5.26 Å². The molecule has 0 spiro atoms. The summed E-state index contributed by atoms with van der Waals surface area (Å²) < 4.78 is 42.5. The number of hydrogen-bond acceptors (Lipinski definition) is 4. The minimum Gasteiger partial charge on any atom is -0.467 e. The fourth-order valence-corrected chi connectivity index (χ4v) is 2.34. The largest absolute Gasteiger partial charge is 0.467 e. The Morgan fingerprint density at radius 3 is 2.19 bits per heavy atom. The third kappa shape index (κ3) is 5.31. The van der Waals surface area contributed by atoms with Gasteiger partial charge in [0.2, 0.25) is 0 Å². The van der Waals surface area contributed by atoms with E-state index in [9.17, 15) is 22.8 Å². The second-order valence-electron chi connectivity index (χ2n) is 5.64. The predicted molar refractivity (Wildman–Crippen MR) is 89.6 cm³/mol. The number of methoxy groups -OCH3 is 1. The lowest BCUT2D eigenvalue weighted by Crippen LogP contribution is -2.43. The smallest absolute Gasteiger partial charge is 0.416 e. The molecule has 1 N–H and O–H groups in total. The molecule has 2 rings (SSSR count). The van der Waals surface area contributed by atoms with Crippen molar-refractivity contribution in [2.75, 3.05) is 7.11 Å². The normalized spacial score (nSPS) is 12.0. The van der Waals surface area contributed by atoms with Gasteiger partial charge in [-0.3, -0.25) is 4.79 Å². The highest BCUT2D eigenvalue weighted by Crippen LogP contribution is 2.29. The van der Waals surface area contributed by atoms with Crippen molar-refractivity contribution in [1.82, 2.24) is 5.32 Å². The van der Waals surface area contributed by atoms with E-state index >= 15 is 0 Å². The van der Waals surface area contributed by atoms with Gasteiger partial charge in [0.05, 0.1) is 24.3 Å². The van der Waals surface area contributed by atoms with Crippen LogP contribution in [0.5, 0.6) is 0 Å². The van der Waals surface area contributed by atoms with Crippen LogP contribution in [0.15, 0.2) is 48.5 Å². The number of nitrogens with zero attached hydrogens (tertiary/aromatic N) is 1. The van der Waals surface area contributed by atoms with E-state index < -0.39 is 29.7 Å². The van der Waals surface area contributed by atoms with E-state index in [0.29, 0.717) is 11.1 Å². The summed E-state index contributed by atoms with van der Waals surface area (Å²) in [6.45, 7) is 0. The van der Waals surface area contributed by atoms with Gasteiger partial charge >= 0.3 is 12.1 Å². The molecule has 8 heteroatoms. The highest BCUT2D eigenvalue weighted by Gasteiger charge is 2.30. The number of carbonyl (C=O) groups is 2. The van der Waals surface area contributed by atoms with Gasteiger partial charge in [0.25, 0.3) is 5.91 Å². The molecule has 0 saturated carbocycles. The molecule has 27 heavy (non-hydrogen) atoms. The molecule has 2 aromatic rings. The summed E-state index contributed by atoms with van der Waals surface area (Å²) in [6, 6.07) is 10.9. The molecule has 0 fully saturated rings. The van der Waals surface area contributed by atoms with Gasteiger partial charge in [-0.15, -0.1) is 0 Å². The molecule has 0 bridgehead atoms. The lowest BCUT2D eigenvalue weighted by atomic mass is 10.0. The molecular weight excluding hydrogens is 361 g/mol. The zero-order chi connectivity index (χ0) is 20.0. The molecule has 1 atom stereocenters. The number of esters is 1. The summed E-state index contributed by atoms with van der Waals surface area (Å²) in [5.74, 6) is -1.29. The zero-order valence-corrected chi connectivity index (χ0v) is 14.2. The van der Waals surface area contributed by atoms with Crippen LogP contribution in [0.4, 0.5) is 13.2 Å². The van der Waals surface area contributed by atoms with Gasteiger partial charge in [0, 0.05) is 12.0 Å². The summed E-state index contributed by atoms with van der Waals surface area (Å²) in [4.78, 5) is 24.3. The molecule has 5 nitrogen and oxygen atoms in total. The molecular formula is C19H15F3N2O3. The third-order valence-corrected chi connectivity index (χ3v) is 3.79. The van der Waals surface area contributed by atoms with E-state index in [-0.39, 0.29) is 12.0 Å². The van der Waals surface area contributed by atoms with Crippen LogP contribution >= 0.6 is 0 Å². The molecule has 0 aliphatic rings. The number of amides is 1. The highest BCUT2D eigenvalue weighted by molar-refractivity contribution is 5.96. The van der Waals surface area contributed by atoms with E-state index in [4.69, 9.17) is 5.26 Å². The van der Waals surface area contributed by atoms with Crippen molar-refractivity contribution in [3.8, 4) is 6.07 Å². The van der Waals surface area contributed by atoms with E-state index in [1.165, 1.54) is 36.4 Å². The summed E-state index contributed by atoms with van der Waals surface area (Å²) in [5, 5.41) is 11.3. The van der Waals surface area contributed by atoms with Crippen LogP contribution in [-0.2, 0) is 22.1 Å². The van der Waals surface area contributed by atoms with Crippen molar-refractivity contribution in [2.45, 2.75) is 18.6 Å². The first kappa shape index (κ1) is 20.0. The first-order valence-corrected chi connectivity index (χ1v) is 7.79. The molecule has 0 aromatic heterocycles. The monoisotopic (exact) mass is 376 g/mol. The van der Waals surface area contributed by atoms with Gasteiger partial charge < -0.3 is 10.1 Å². The van der Waals surface area contributed by atoms with E-state index in [1.54, 1.807) is 0 Å². The number of hydrogen-bond donors (Lipinski definition) is 1. The van der Waals surface area contributed by atoms with Crippen molar-refractivity contribution >= 4 is 11.9 Å². The van der Waals surface area contributed by atoms with Crippen molar-refractivity contribution in [2.24, 2.45) is 0 Å². The number of benzene rings is 2. The number of halogens is 3. The fraction of sp³-hybridized carbons (Fsp3) is 0.211.